The number of nitrogens with zero attached hydrogens (tertiary/aromatic N) is 1. The summed E-state index contributed by atoms with van der Waals surface area (Å²) < 4.78 is 5.02. The molecule has 0 atom stereocenters. The van der Waals surface area contributed by atoms with Gasteiger partial charge >= 0.3 is 0 Å². The van der Waals surface area contributed by atoms with Gasteiger partial charge in [-0.3, -0.25) is 9.69 Å². The minimum Gasteiger partial charge on any atom is -0.372 e. The third-order valence-electron chi connectivity index (χ3n) is 2.46. The summed E-state index contributed by atoms with van der Waals surface area (Å²) in [6.07, 6.45) is 0. The van der Waals surface area contributed by atoms with E-state index in [1.807, 2.05) is 6.92 Å². The molecule has 1 N–H and O–H groups in total. The van der Waals surface area contributed by atoms with Crippen LogP contribution in [0.2, 0.25) is 0 Å². The van der Waals surface area contributed by atoms with E-state index in [2.05, 4.69) is 37.9 Å². The van der Waals surface area contributed by atoms with Crippen molar-refractivity contribution in [1.29, 1.82) is 0 Å². The summed E-state index contributed by atoms with van der Waals surface area (Å²) in [6, 6.07) is 1.01. The zero-order valence-corrected chi connectivity index (χ0v) is 11.2. The Morgan fingerprint density at radius 2 is 1.81 bits per heavy atom. The highest BCUT2D eigenvalue weighted by Crippen LogP contribution is 2.02. The standard InChI is InChI=1S/C12H26N2O2/c1-6-16-9-12(15)13-7-8-14(10(2)3)11(4)5/h10-11H,6-9H2,1-5H3,(H,13,15). The van der Waals surface area contributed by atoms with Crippen LogP contribution < -0.4 is 5.32 Å². The minimum absolute atomic E-state index is 0.0330. The molecular formula is C12H26N2O2. The Hall–Kier alpha value is -0.610. The summed E-state index contributed by atoms with van der Waals surface area (Å²) >= 11 is 0. The summed E-state index contributed by atoms with van der Waals surface area (Å²) in [5, 5.41) is 2.85. The Balaban J connectivity index is 3.73. The van der Waals surface area contributed by atoms with Crippen LogP contribution in [0.4, 0.5) is 0 Å². The van der Waals surface area contributed by atoms with E-state index in [1.165, 1.54) is 0 Å². The van der Waals surface area contributed by atoms with E-state index in [-0.39, 0.29) is 12.5 Å². The summed E-state index contributed by atoms with van der Waals surface area (Å²) in [5.74, 6) is -0.0330. The van der Waals surface area contributed by atoms with Gasteiger partial charge in [-0.1, -0.05) is 0 Å². The summed E-state index contributed by atoms with van der Waals surface area (Å²) in [4.78, 5) is 13.6. The average Bonchev–Trinajstić information content (AvgIpc) is 2.20. The highest BCUT2D eigenvalue weighted by Gasteiger charge is 2.12. The molecule has 0 unspecified atom stereocenters. The number of hydrogen-bond acceptors (Lipinski definition) is 3. The second-order valence-electron chi connectivity index (χ2n) is 4.41. The second kappa shape index (κ2) is 8.53. The van der Waals surface area contributed by atoms with Gasteiger partial charge in [0.2, 0.25) is 5.91 Å². The number of carbonyl (C=O) groups is 1. The molecule has 0 bridgehead atoms. The molecule has 0 heterocycles. The second-order valence-corrected chi connectivity index (χ2v) is 4.41. The first-order valence-electron chi connectivity index (χ1n) is 6.09. The van der Waals surface area contributed by atoms with Crippen LogP contribution in [0.15, 0.2) is 0 Å². The van der Waals surface area contributed by atoms with E-state index in [9.17, 15) is 4.79 Å². The van der Waals surface area contributed by atoms with Gasteiger partial charge in [-0.2, -0.15) is 0 Å². The normalized spacial score (nSPS) is 11.5. The number of rotatable bonds is 8. The van der Waals surface area contributed by atoms with Crippen LogP contribution in [-0.2, 0) is 9.53 Å². The van der Waals surface area contributed by atoms with Crippen molar-refractivity contribution >= 4 is 5.91 Å². The SMILES string of the molecule is CCOCC(=O)NCCN(C(C)C)C(C)C. The number of hydrogen-bond donors (Lipinski definition) is 1. The van der Waals surface area contributed by atoms with Crippen LogP contribution >= 0.6 is 0 Å². The molecule has 0 aromatic rings. The molecule has 0 spiro atoms. The number of carbonyl (C=O) groups excluding carboxylic acids is 1. The molecule has 0 aromatic heterocycles. The van der Waals surface area contributed by atoms with Crippen LogP contribution in [-0.4, -0.2) is 49.2 Å². The molecule has 0 saturated heterocycles. The van der Waals surface area contributed by atoms with Crippen LogP contribution in [0, 0.1) is 0 Å². The van der Waals surface area contributed by atoms with E-state index < -0.39 is 0 Å². The molecule has 0 aliphatic carbocycles. The molecule has 96 valence electrons. The summed E-state index contributed by atoms with van der Waals surface area (Å²) in [6.45, 7) is 12.9. The monoisotopic (exact) mass is 230 g/mol. The molecule has 0 saturated carbocycles. The van der Waals surface area contributed by atoms with Crippen LogP contribution in [0.1, 0.15) is 34.6 Å². The van der Waals surface area contributed by atoms with Crippen molar-refractivity contribution < 1.29 is 9.53 Å². The van der Waals surface area contributed by atoms with Crippen molar-refractivity contribution in [3.05, 3.63) is 0 Å². The summed E-state index contributed by atoms with van der Waals surface area (Å²) in [5.41, 5.74) is 0. The molecule has 1 amide bonds. The molecule has 16 heavy (non-hydrogen) atoms. The lowest BCUT2D eigenvalue weighted by Crippen LogP contribution is -2.43. The van der Waals surface area contributed by atoms with Crippen molar-refractivity contribution in [2.45, 2.75) is 46.7 Å². The first-order chi connectivity index (χ1) is 7.49. The molecule has 0 radical (unpaired) electrons. The van der Waals surface area contributed by atoms with Gasteiger partial charge in [0.1, 0.15) is 6.61 Å². The van der Waals surface area contributed by atoms with Crippen molar-refractivity contribution in [2.24, 2.45) is 0 Å². The maximum atomic E-state index is 11.3. The largest absolute Gasteiger partial charge is 0.372 e. The Morgan fingerprint density at radius 1 is 1.25 bits per heavy atom. The van der Waals surface area contributed by atoms with E-state index in [1.54, 1.807) is 0 Å². The molecule has 0 rings (SSSR count). The summed E-state index contributed by atoms with van der Waals surface area (Å²) in [7, 11) is 0. The van der Waals surface area contributed by atoms with Gasteiger partial charge < -0.3 is 10.1 Å². The predicted molar refractivity (Wildman–Crippen MR) is 66.5 cm³/mol. The van der Waals surface area contributed by atoms with Crippen molar-refractivity contribution in [3.8, 4) is 0 Å². The highest BCUT2D eigenvalue weighted by molar-refractivity contribution is 5.77. The van der Waals surface area contributed by atoms with Gasteiger partial charge in [-0.05, 0) is 34.6 Å². The minimum atomic E-state index is -0.0330. The fourth-order valence-electron chi connectivity index (χ4n) is 1.68. The molecule has 0 aliphatic rings. The third kappa shape index (κ3) is 6.80. The molecule has 4 heteroatoms. The molecule has 0 aliphatic heterocycles. The van der Waals surface area contributed by atoms with E-state index in [0.29, 0.717) is 25.2 Å². The molecular weight excluding hydrogens is 204 g/mol. The fourth-order valence-corrected chi connectivity index (χ4v) is 1.68. The number of ether oxygens (including phenoxy) is 1. The lowest BCUT2D eigenvalue weighted by molar-refractivity contribution is -0.125. The number of nitrogens with one attached hydrogen (secondary N) is 1. The molecule has 4 nitrogen and oxygen atoms in total. The smallest absolute Gasteiger partial charge is 0.246 e. The van der Waals surface area contributed by atoms with Gasteiger partial charge in [0.05, 0.1) is 0 Å². The van der Waals surface area contributed by atoms with Crippen molar-refractivity contribution in [3.63, 3.8) is 0 Å². The fraction of sp³-hybridized carbons (Fsp3) is 0.917. The maximum absolute atomic E-state index is 11.3. The Bertz CT molecular complexity index is 185. The maximum Gasteiger partial charge on any atom is 0.246 e. The van der Waals surface area contributed by atoms with Crippen LogP contribution in [0.3, 0.4) is 0 Å². The zero-order valence-electron chi connectivity index (χ0n) is 11.2. The van der Waals surface area contributed by atoms with E-state index in [0.717, 1.165) is 6.54 Å². The topological polar surface area (TPSA) is 41.6 Å². The van der Waals surface area contributed by atoms with E-state index >= 15 is 0 Å². The molecule has 0 aromatic carbocycles. The Kier molecular flexibility index (Phi) is 8.21. The van der Waals surface area contributed by atoms with Crippen LogP contribution in [0.25, 0.3) is 0 Å². The Labute approximate surface area is 99.3 Å². The van der Waals surface area contributed by atoms with Gasteiger partial charge in [-0.25, -0.2) is 0 Å². The van der Waals surface area contributed by atoms with Gasteiger partial charge in [0.25, 0.3) is 0 Å². The van der Waals surface area contributed by atoms with Crippen LogP contribution in [0.5, 0.6) is 0 Å². The van der Waals surface area contributed by atoms with Crippen molar-refractivity contribution in [2.75, 3.05) is 26.3 Å². The van der Waals surface area contributed by atoms with E-state index in [4.69, 9.17) is 4.74 Å². The predicted octanol–water partition coefficient (Wildman–Crippen LogP) is 1.26. The first-order valence-corrected chi connectivity index (χ1v) is 6.09. The Morgan fingerprint density at radius 3 is 2.25 bits per heavy atom. The van der Waals surface area contributed by atoms with Gasteiger partial charge in [0.15, 0.2) is 0 Å². The first kappa shape index (κ1) is 15.4. The number of amides is 1. The highest BCUT2D eigenvalue weighted by atomic mass is 16.5. The zero-order chi connectivity index (χ0) is 12.6. The lowest BCUT2D eigenvalue weighted by atomic mass is 10.2. The third-order valence-corrected chi connectivity index (χ3v) is 2.46. The quantitative estimate of drug-likeness (QED) is 0.682. The van der Waals surface area contributed by atoms with Gasteiger partial charge in [-0.15, -0.1) is 0 Å². The van der Waals surface area contributed by atoms with Crippen molar-refractivity contribution in [1.82, 2.24) is 10.2 Å². The molecule has 0 fully saturated rings. The lowest BCUT2D eigenvalue weighted by Gasteiger charge is -2.30. The van der Waals surface area contributed by atoms with Gasteiger partial charge in [0, 0.05) is 31.8 Å². The average molecular weight is 230 g/mol.